The molecule has 0 spiro atoms. The van der Waals surface area contributed by atoms with E-state index in [1.165, 1.54) is 0 Å². The van der Waals surface area contributed by atoms with E-state index in [9.17, 15) is 5.11 Å². The minimum absolute atomic E-state index is 0.371. The lowest BCUT2D eigenvalue weighted by atomic mass is 10.0. The molecule has 1 rings (SSSR count). The van der Waals surface area contributed by atoms with Crippen molar-refractivity contribution in [2.45, 2.75) is 25.9 Å². The molecule has 0 aromatic carbocycles. The fraction of sp³-hybridized carbons (Fsp3) is 0.455. The Labute approximate surface area is 89.6 Å². The molecule has 0 fully saturated rings. The zero-order valence-electron chi connectivity index (χ0n) is 8.99. The van der Waals surface area contributed by atoms with Gasteiger partial charge in [0.1, 0.15) is 11.8 Å². The van der Waals surface area contributed by atoms with Gasteiger partial charge in [-0.1, -0.05) is 6.92 Å². The van der Waals surface area contributed by atoms with Gasteiger partial charge >= 0.3 is 0 Å². The molecule has 0 aliphatic heterocycles. The lowest BCUT2D eigenvalue weighted by Crippen LogP contribution is -2.32. The van der Waals surface area contributed by atoms with Crippen molar-refractivity contribution in [1.82, 2.24) is 4.98 Å². The Morgan fingerprint density at radius 1 is 1.67 bits per heavy atom. The number of aromatic nitrogens is 1. The maximum Gasteiger partial charge on any atom is 0.142 e. The normalized spacial score (nSPS) is 14.0. The molecule has 15 heavy (non-hydrogen) atoms. The van der Waals surface area contributed by atoms with Crippen LogP contribution in [-0.4, -0.2) is 22.2 Å². The third-order valence-electron chi connectivity index (χ3n) is 2.31. The number of rotatable bonds is 4. The van der Waals surface area contributed by atoms with Gasteiger partial charge in [-0.15, -0.1) is 0 Å². The van der Waals surface area contributed by atoms with Crippen LogP contribution in [0.5, 0.6) is 0 Å². The van der Waals surface area contributed by atoms with Gasteiger partial charge in [0, 0.05) is 18.4 Å². The van der Waals surface area contributed by atoms with Crippen molar-refractivity contribution in [3.8, 4) is 6.07 Å². The molecule has 4 heteroatoms. The standard InChI is InChI=1S/C11H15N3O/c1-3-11(2,15)8-14-9-4-5-13-10(6-9)7-12/h4-6,15H,3,8H2,1-2H3,(H,13,14). The molecule has 0 bridgehead atoms. The predicted octanol–water partition coefficient (Wildman–Crippen LogP) is 1.53. The van der Waals surface area contributed by atoms with Crippen LogP contribution in [0.3, 0.4) is 0 Å². The van der Waals surface area contributed by atoms with Crippen LogP contribution >= 0.6 is 0 Å². The van der Waals surface area contributed by atoms with Gasteiger partial charge in [-0.05, 0) is 25.5 Å². The second-order valence-corrected chi connectivity index (χ2v) is 3.75. The van der Waals surface area contributed by atoms with E-state index >= 15 is 0 Å². The first-order valence-corrected chi connectivity index (χ1v) is 4.90. The fourth-order valence-corrected chi connectivity index (χ4v) is 1.02. The molecule has 0 saturated heterocycles. The van der Waals surface area contributed by atoms with Gasteiger partial charge in [0.2, 0.25) is 0 Å². The lowest BCUT2D eigenvalue weighted by Gasteiger charge is -2.22. The van der Waals surface area contributed by atoms with Crippen LogP contribution in [0.25, 0.3) is 0 Å². The van der Waals surface area contributed by atoms with E-state index in [-0.39, 0.29) is 0 Å². The summed E-state index contributed by atoms with van der Waals surface area (Å²) in [5, 5.41) is 21.5. The van der Waals surface area contributed by atoms with E-state index in [0.717, 1.165) is 5.69 Å². The van der Waals surface area contributed by atoms with E-state index in [4.69, 9.17) is 5.26 Å². The van der Waals surface area contributed by atoms with Gasteiger partial charge in [-0.3, -0.25) is 0 Å². The summed E-state index contributed by atoms with van der Waals surface area (Å²) in [6.07, 6.45) is 2.25. The molecule has 1 atom stereocenters. The van der Waals surface area contributed by atoms with Gasteiger partial charge in [0.05, 0.1) is 5.60 Å². The summed E-state index contributed by atoms with van der Waals surface area (Å²) in [5.74, 6) is 0. The van der Waals surface area contributed by atoms with Crippen LogP contribution < -0.4 is 5.32 Å². The fourth-order valence-electron chi connectivity index (χ4n) is 1.02. The molecule has 0 aliphatic carbocycles. The van der Waals surface area contributed by atoms with Crippen molar-refractivity contribution in [2.75, 3.05) is 11.9 Å². The third-order valence-corrected chi connectivity index (χ3v) is 2.31. The molecule has 0 aliphatic rings. The van der Waals surface area contributed by atoms with Crippen LogP contribution in [0.4, 0.5) is 5.69 Å². The number of nitrogens with one attached hydrogen (secondary N) is 1. The molecule has 2 N–H and O–H groups in total. The van der Waals surface area contributed by atoms with Crippen molar-refractivity contribution < 1.29 is 5.11 Å². The van der Waals surface area contributed by atoms with Crippen molar-refractivity contribution in [1.29, 1.82) is 5.26 Å². The highest BCUT2D eigenvalue weighted by atomic mass is 16.3. The summed E-state index contributed by atoms with van der Waals surface area (Å²) in [4.78, 5) is 3.86. The maximum atomic E-state index is 9.77. The summed E-state index contributed by atoms with van der Waals surface area (Å²) in [6.45, 7) is 4.15. The Balaban J connectivity index is 2.62. The van der Waals surface area contributed by atoms with Crippen LogP contribution in [0.15, 0.2) is 18.3 Å². The van der Waals surface area contributed by atoms with Gasteiger partial charge in [-0.25, -0.2) is 4.98 Å². The van der Waals surface area contributed by atoms with Crippen LogP contribution in [0.2, 0.25) is 0 Å². The highest BCUT2D eigenvalue weighted by Gasteiger charge is 2.16. The second-order valence-electron chi connectivity index (χ2n) is 3.75. The monoisotopic (exact) mass is 205 g/mol. The molecule has 1 unspecified atom stereocenters. The summed E-state index contributed by atoms with van der Waals surface area (Å²) in [5.41, 5.74) is 0.446. The largest absolute Gasteiger partial charge is 0.388 e. The molecular formula is C11H15N3O. The molecular weight excluding hydrogens is 190 g/mol. The topological polar surface area (TPSA) is 68.9 Å². The summed E-state index contributed by atoms with van der Waals surface area (Å²) < 4.78 is 0. The Bertz CT molecular complexity index is 368. The smallest absolute Gasteiger partial charge is 0.142 e. The minimum atomic E-state index is -0.726. The SMILES string of the molecule is CCC(C)(O)CNc1ccnc(C#N)c1. The first kappa shape index (κ1) is 11.5. The Morgan fingerprint density at radius 2 is 2.40 bits per heavy atom. The summed E-state index contributed by atoms with van der Waals surface area (Å²) in [7, 11) is 0. The van der Waals surface area contributed by atoms with Gasteiger partial charge in [0.15, 0.2) is 0 Å². The average Bonchev–Trinajstić information content (AvgIpc) is 2.27. The number of nitrogens with zero attached hydrogens (tertiary/aromatic N) is 2. The van der Waals surface area contributed by atoms with Crippen LogP contribution in [-0.2, 0) is 0 Å². The van der Waals surface area contributed by atoms with Crippen molar-refractivity contribution in [3.05, 3.63) is 24.0 Å². The van der Waals surface area contributed by atoms with E-state index in [0.29, 0.717) is 18.7 Å². The average molecular weight is 205 g/mol. The summed E-state index contributed by atoms with van der Waals surface area (Å²) >= 11 is 0. The zero-order valence-corrected chi connectivity index (χ0v) is 8.99. The van der Waals surface area contributed by atoms with Crippen molar-refractivity contribution in [2.24, 2.45) is 0 Å². The van der Waals surface area contributed by atoms with Crippen LogP contribution in [0, 0.1) is 11.3 Å². The Kier molecular flexibility index (Phi) is 3.64. The molecule has 0 radical (unpaired) electrons. The molecule has 0 saturated carbocycles. The number of hydrogen-bond acceptors (Lipinski definition) is 4. The number of hydrogen-bond donors (Lipinski definition) is 2. The lowest BCUT2D eigenvalue weighted by molar-refractivity contribution is 0.0697. The molecule has 1 aromatic heterocycles. The number of anilines is 1. The van der Waals surface area contributed by atoms with Gasteiger partial charge in [-0.2, -0.15) is 5.26 Å². The molecule has 1 heterocycles. The molecule has 4 nitrogen and oxygen atoms in total. The van der Waals surface area contributed by atoms with E-state index in [1.54, 1.807) is 25.3 Å². The first-order valence-electron chi connectivity index (χ1n) is 4.90. The maximum absolute atomic E-state index is 9.77. The minimum Gasteiger partial charge on any atom is -0.388 e. The van der Waals surface area contributed by atoms with E-state index in [1.807, 2.05) is 13.0 Å². The first-order chi connectivity index (χ1) is 7.07. The number of pyridine rings is 1. The zero-order chi connectivity index (χ0) is 11.3. The quantitative estimate of drug-likeness (QED) is 0.782. The number of aliphatic hydroxyl groups is 1. The Hall–Kier alpha value is -1.60. The highest BCUT2D eigenvalue weighted by molar-refractivity contribution is 5.46. The third kappa shape index (κ3) is 3.56. The predicted molar refractivity (Wildman–Crippen MR) is 58.4 cm³/mol. The molecule has 0 amide bonds. The molecule has 1 aromatic rings. The highest BCUT2D eigenvalue weighted by Crippen LogP contribution is 2.12. The Morgan fingerprint density at radius 3 is 3.00 bits per heavy atom. The van der Waals surface area contributed by atoms with E-state index in [2.05, 4.69) is 10.3 Å². The van der Waals surface area contributed by atoms with Gasteiger partial charge in [0.25, 0.3) is 0 Å². The molecule has 80 valence electrons. The van der Waals surface area contributed by atoms with Crippen molar-refractivity contribution in [3.63, 3.8) is 0 Å². The second kappa shape index (κ2) is 4.76. The number of nitriles is 1. The van der Waals surface area contributed by atoms with E-state index < -0.39 is 5.60 Å². The van der Waals surface area contributed by atoms with Gasteiger partial charge < -0.3 is 10.4 Å². The summed E-state index contributed by atoms with van der Waals surface area (Å²) in [6, 6.07) is 5.39. The van der Waals surface area contributed by atoms with Crippen molar-refractivity contribution >= 4 is 5.69 Å². The van der Waals surface area contributed by atoms with Crippen LogP contribution in [0.1, 0.15) is 26.0 Å².